The van der Waals surface area contributed by atoms with Gasteiger partial charge in [0, 0.05) is 47.5 Å². The van der Waals surface area contributed by atoms with Gasteiger partial charge in [0.2, 0.25) is 0 Å². The second-order valence-corrected chi connectivity index (χ2v) is 7.93. The summed E-state index contributed by atoms with van der Waals surface area (Å²) in [4.78, 5) is 13.4. The number of aromatic nitrogens is 4. The molecule has 9 heteroatoms. The maximum absolute atomic E-state index is 8.83. The summed E-state index contributed by atoms with van der Waals surface area (Å²) >= 11 is 14.0. The summed E-state index contributed by atoms with van der Waals surface area (Å²) in [5, 5.41) is 14.0. The summed E-state index contributed by atoms with van der Waals surface area (Å²) in [6.45, 7) is 0.688. The molecule has 0 fully saturated rings. The van der Waals surface area contributed by atoms with Gasteiger partial charge in [-0.3, -0.25) is 4.40 Å². The molecule has 0 atom stereocenters. The second kappa shape index (κ2) is 8.70. The van der Waals surface area contributed by atoms with E-state index >= 15 is 0 Å². The first-order valence-corrected chi connectivity index (χ1v) is 10.4. The molecule has 1 aromatic carbocycles. The van der Waals surface area contributed by atoms with E-state index in [1.165, 1.54) is 0 Å². The van der Waals surface area contributed by atoms with Crippen LogP contribution in [0.25, 0.3) is 16.9 Å². The maximum Gasteiger partial charge on any atom is 0.174 e. The molecular formula is C20H14Cl2N6S. The van der Waals surface area contributed by atoms with Gasteiger partial charge in [0.05, 0.1) is 16.3 Å². The third-order valence-electron chi connectivity index (χ3n) is 4.10. The molecule has 0 radical (unpaired) electrons. The molecule has 0 saturated heterocycles. The fourth-order valence-electron chi connectivity index (χ4n) is 2.72. The van der Waals surface area contributed by atoms with Gasteiger partial charge in [0.1, 0.15) is 17.5 Å². The minimum absolute atomic E-state index is 0.536. The Kier molecular flexibility index (Phi) is 5.86. The zero-order valence-corrected chi connectivity index (χ0v) is 17.3. The van der Waals surface area contributed by atoms with Crippen molar-refractivity contribution in [1.29, 1.82) is 5.26 Å². The topological polar surface area (TPSA) is 78.9 Å². The monoisotopic (exact) mass is 440 g/mol. The van der Waals surface area contributed by atoms with Crippen LogP contribution in [0.2, 0.25) is 10.0 Å². The molecule has 4 rings (SSSR count). The predicted molar refractivity (Wildman–Crippen MR) is 117 cm³/mol. The molecule has 29 heavy (non-hydrogen) atoms. The molecule has 3 aromatic heterocycles. The number of fused-ring (bicyclic) bond motifs is 1. The largest absolute Gasteiger partial charge is 0.369 e. The number of nitrogens with one attached hydrogen (secondary N) is 1. The van der Waals surface area contributed by atoms with Crippen LogP contribution in [0.4, 0.5) is 5.82 Å². The highest BCUT2D eigenvalue weighted by Crippen LogP contribution is 2.31. The van der Waals surface area contributed by atoms with Crippen molar-refractivity contribution in [3.8, 4) is 17.3 Å². The van der Waals surface area contributed by atoms with E-state index in [2.05, 4.69) is 21.4 Å². The van der Waals surface area contributed by atoms with Gasteiger partial charge in [-0.1, -0.05) is 35.0 Å². The first-order chi connectivity index (χ1) is 14.1. The van der Waals surface area contributed by atoms with Crippen LogP contribution in [-0.2, 0) is 0 Å². The molecule has 0 saturated carbocycles. The summed E-state index contributed by atoms with van der Waals surface area (Å²) in [6.07, 6.45) is 5.17. The predicted octanol–water partition coefficient (Wildman–Crippen LogP) is 5.17. The van der Waals surface area contributed by atoms with Crippen LogP contribution < -0.4 is 5.32 Å². The van der Waals surface area contributed by atoms with Crippen LogP contribution in [0, 0.1) is 11.3 Å². The van der Waals surface area contributed by atoms with Gasteiger partial charge in [0.15, 0.2) is 5.16 Å². The van der Waals surface area contributed by atoms with E-state index in [1.807, 2.05) is 22.7 Å². The number of benzene rings is 1. The minimum Gasteiger partial charge on any atom is -0.369 e. The molecule has 0 aliphatic heterocycles. The van der Waals surface area contributed by atoms with Crippen molar-refractivity contribution in [2.24, 2.45) is 0 Å². The number of rotatable bonds is 6. The molecule has 0 spiro atoms. The summed E-state index contributed by atoms with van der Waals surface area (Å²) in [5.74, 6) is 1.49. The van der Waals surface area contributed by atoms with Gasteiger partial charge in [-0.05, 0) is 30.3 Å². The quantitative estimate of drug-likeness (QED) is 0.253. The molecule has 0 aliphatic carbocycles. The number of hydrogen-bond donors (Lipinski definition) is 1. The Bertz CT molecular complexity index is 1200. The van der Waals surface area contributed by atoms with E-state index in [0.717, 1.165) is 33.6 Å². The number of pyridine rings is 1. The van der Waals surface area contributed by atoms with E-state index in [9.17, 15) is 0 Å². The highest BCUT2D eigenvalue weighted by Gasteiger charge is 2.12. The SMILES string of the molecule is N#Cc1ccc(NCCSc2nc(-c3ccc(Cl)cc3Cl)cc3nccn23)nc1. The average molecular weight is 441 g/mol. The van der Waals surface area contributed by atoms with Gasteiger partial charge in [-0.2, -0.15) is 5.26 Å². The van der Waals surface area contributed by atoms with Gasteiger partial charge in [0.25, 0.3) is 0 Å². The minimum atomic E-state index is 0.536. The van der Waals surface area contributed by atoms with Crippen molar-refractivity contribution in [2.75, 3.05) is 17.6 Å². The average Bonchev–Trinajstić information content (AvgIpc) is 3.20. The summed E-state index contributed by atoms with van der Waals surface area (Å²) in [5.41, 5.74) is 2.89. The lowest BCUT2D eigenvalue weighted by Gasteiger charge is -2.10. The first-order valence-electron chi connectivity index (χ1n) is 8.66. The van der Waals surface area contributed by atoms with E-state index < -0.39 is 0 Å². The Morgan fingerprint density at radius 2 is 2.03 bits per heavy atom. The van der Waals surface area contributed by atoms with Gasteiger partial charge < -0.3 is 5.32 Å². The van der Waals surface area contributed by atoms with Gasteiger partial charge >= 0.3 is 0 Å². The number of imidazole rings is 1. The number of nitrogens with zero attached hydrogens (tertiary/aromatic N) is 5. The molecule has 0 aliphatic rings. The second-order valence-electron chi connectivity index (χ2n) is 6.02. The molecule has 0 unspecified atom stereocenters. The zero-order chi connectivity index (χ0) is 20.2. The van der Waals surface area contributed by atoms with Crippen molar-refractivity contribution >= 4 is 46.4 Å². The summed E-state index contributed by atoms with van der Waals surface area (Å²) in [6, 6.07) is 12.8. The molecular weight excluding hydrogens is 427 g/mol. The Hall–Kier alpha value is -2.79. The Morgan fingerprint density at radius 3 is 2.79 bits per heavy atom. The van der Waals surface area contributed by atoms with Crippen molar-refractivity contribution in [1.82, 2.24) is 19.4 Å². The number of hydrogen-bond acceptors (Lipinski definition) is 6. The lowest BCUT2D eigenvalue weighted by Crippen LogP contribution is -2.06. The van der Waals surface area contributed by atoms with E-state index in [4.69, 9.17) is 33.4 Å². The molecule has 6 nitrogen and oxygen atoms in total. The molecule has 0 bridgehead atoms. The van der Waals surface area contributed by atoms with Crippen LogP contribution in [-0.4, -0.2) is 31.7 Å². The molecule has 3 heterocycles. The van der Waals surface area contributed by atoms with E-state index in [1.54, 1.807) is 48.4 Å². The summed E-state index contributed by atoms with van der Waals surface area (Å²) < 4.78 is 1.94. The first kappa shape index (κ1) is 19.5. The fraction of sp³-hybridized carbons (Fsp3) is 0.100. The number of halogens is 2. The third kappa shape index (κ3) is 4.46. The van der Waals surface area contributed by atoms with Crippen molar-refractivity contribution in [3.63, 3.8) is 0 Å². The lowest BCUT2D eigenvalue weighted by molar-refractivity contribution is 0.907. The van der Waals surface area contributed by atoms with Crippen LogP contribution >= 0.6 is 35.0 Å². The van der Waals surface area contributed by atoms with Gasteiger partial charge in [-0.25, -0.2) is 15.0 Å². The number of anilines is 1. The van der Waals surface area contributed by atoms with Crippen LogP contribution in [0.1, 0.15) is 5.56 Å². The maximum atomic E-state index is 8.83. The van der Waals surface area contributed by atoms with Crippen LogP contribution in [0.15, 0.2) is 60.1 Å². The standard InChI is InChI=1S/C20H14Cl2N6S/c21-14-2-3-15(16(22)9-14)17-10-19-25-5-7-28(19)20(27-17)29-8-6-24-18-4-1-13(11-23)12-26-18/h1-5,7,9-10,12H,6,8H2,(H,24,26). The molecule has 4 aromatic rings. The molecule has 0 amide bonds. The van der Waals surface area contributed by atoms with Crippen molar-refractivity contribution < 1.29 is 0 Å². The van der Waals surface area contributed by atoms with Crippen LogP contribution in [0.3, 0.4) is 0 Å². The van der Waals surface area contributed by atoms with Crippen molar-refractivity contribution in [3.05, 3.63) is 70.6 Å². The third-order valence-corrected chi connectivity index (χ3v) is 5.60. The van der Waals surface area contributed by atoms with Gasteiger partial charge in [-0.15, -0.1) is 0 Å². The Morgan fingerprint density at radius 1 is 1.14 bits per heavy atom. The van der Waals surface area contributed by atoms with E-state index in [-0.39, 0.29) is 0 Å². The number of nitriles is 1. The van der Waals surface area contributed by atoms with Crippen LogP contribution in [0.5, 0.6) is 0 Å². The summed E-state index contributed by atoms with van der Waals surface area (Å²) in [7, 11) is 0. The number of thioether (sulfide) groups is 1. The Balaban J connectivity index is 1.50. The normalized spacial score (nSPS) is 10.8. The highest BCUT2D eigenvalue weighted by atomic mass is 35.5. The van der Waals surface area contributed by atoms with E-state index in [0.29, 0.717) is 22.2 Å². The van der Waals surface area contributed by atoms with Crippen molar-refractivity contribution in [2.45, 2.75) is 5.16 Å². The Labute approximate surface area is 181 Å². The molecule has 144 valence electrons. The smallest absolute Gasteiger partial charge is 0.174 e. The zero-order valence-electron chi connectivity index (χ0n) is 15.0. The molecule has 1 N–H and O–H groups in total. The fourth-order valence-corrected chi connectivity index (χ4v) is 4.07. The lowest BCUT2D eigenvalue weighted by atomic mass is 10.1. The highest BCUT2D eigenvalue weighted by molar-refractivity contribution is 7.99.